The molecule has 0 spiro atoms. The molecule has 5 nitrogen and oxygen atoms in total. The van der Waals surface area contributed by atoms with E-state index >= 15 is 0 Å². The average molecular weight is 275 g/mol. The third-order valence-corrected chi connectivity index (χ3v) is 3.64. The minimum Gasteiger partial charge on any atom is -0.394 e. The second kappa shape index (κ2) is 9.66. The lowest BCUT2D eigenvalue weighted by atomic mass is 9.99. The van der Waals surface area contributed by atoms with Gasteiger partial charge in [0.05, 0.1) is 25.9 Å². The number of aliphatic hydroxyl groups excluding tert-OH is 1. The summed E-state index contributed by atoms with van der Waals surface area (Å²) in [6.07, 6.45) is 4.05. The van der Waals surface area contributed by atoms with Gasteiger partial charge in [-0.3, -0.25) is 0 Å². The highest BCUT2D eigenvalue weighted by molar-refractivity contribution is 4.96. The van der Waals surface area contributed by atoms with E-state index in [2.05, 4.69) is 12.2 Å². The molecule has 2 unspecified atom stereocenters. The van der Waals surface area contributed by atoms with Crippen LogP contribution in [-0.2, 0) is 14.2 Å². The van der Waals surface area contributed by atoms with Gasteiger partial charge >= 0.3 is 0 Å². The van der Waals surface area contributed by atoms with Gasteiger partial charge in [0, 0.05) is 25.9 Å². The Morgan fingerprint density at radius 1 is 1.26 bits per heavy atom. The topological polar surface area (TPSA) is 60.0 Å². The maximum Gasteiger partial charge on any atom is 0.0704 e. The van der Waals surface area contributed by atoms with Gasteiger partial charge in [-0.05, 0) is 32.2 Å². The van der Waals surface area contributed by atoms with E-state index in [1.807, 2.05) is 0 Å². The highest BCUT2D eigenvalue weighted by atomic mass is 16.5. The largest absolute Gasteiger partial charge is 0.394 e. The molecule has 1 aliphatic carbocycles. The summed E-state index contributed by atoms with van der Waals surface area (Å²) >= 11 is 0. The predicted molar refractivity (Wildman–Crippen MR) is 74.4 cm³/mol. The van der Waals surface area contributed by atoms with Crippen molar-refractivity contribution in [2.75, 3.05) is 46.7 Å². The molecule has 1 saturated carbocycles. The fourth-order valence-electron chi connectivity index (χ4n) is 2.64. The molecule has 2 atom stereocenters. The van der Waals surface area contributed by atoms with Crippen LogP contribution in [0.4, 0.5) is 0 Å². The van der Waals surface area contributed by atoms with E-state index in [0.717, 1.165) is 45.4 Å². The Morgan fingerprint density at radius 3 is 2.79 bits per heavy atom. The summed E-state index contributed by atoms with van der Waals surface area (Å²) in [5.41, 5.74) is -0.126. The Labute approximate surface area is 116 Å². The molecule has 0 aliphatic heterocycles. The molecule has 0 amide bonds. The number of ether oxygens (including phenoxy) is 3. The summed E-state index contributed by atoms with van der Waals surface area (Å²) in [6.45, 7) is 5.87. The Kier molecular flexibility index (Phi) is 8.57. The second-order valence-corrected chi connectivity index (χ2v) is 5.16. The van der Waals surface area contributed by atoms with Gasteiger partial charge in [0.2, 0.25) is 0 Å². The Bertz CT molecular complexity index is 227. The van der Waals surface area contributed by atoms with Gasteiger partial charge in [-0.1, -0.05) is 6.92 Å². The Balaban J connectivity index is 2.05. The zero-order valence-electron chi connectivity index (χ0n) is 12.3. The summed E-state index contributed by atoms with van der Waals surface area (Å²) in [5.74, 6) is 0. The van der Waals surface area contributed by atoms with Crippen LogP contribution in [0.25, 0.3) is 0 Å². The normalized spacial score (nSPS) is 27.0. The van der Waals surface area contributed by atoms with Crippen LogP contribution in [0.2, 0.25) is 0 Å². The highest BCUT2D eigenvalue weighted by Gasteiger charge is 2.38. The van der Waals surface area contributed by atoms with Crippen LogP contribution in [0.15, 0.2) is 0 Å². The van der Waals surface area contributed by atoms with E-state index in [4.69, 9.17) is 14.2 Å². The summed E-state index contributed by atoms with van der Waals surface area (Å²) in [4.78, 5) is 0. The van der Waals surface area contributed by atoms with E-state index in [0.29, 0.717) is 13.2 Å². The highest BCUT2D eigenvalue weighted by Crippen LogP contribution is 2.31. The molecule has 0 aromatic carbocycles. The smallest absolute Gasteiger partial charge is 0.0704 e. The van der Waals surface area contributed by atoms with Crippen molar-refractivity contribution in [3.05, 3.63) is 0 Å². The van der Waals surface area contributed by atoms with Crippen LogP contribution in [0.3, 0.4) is 0 Å². The summed E-state index contributed by atoms with van der Waals surface area (Å²) in [6, 6.07) is 0. The number of hydrogen-bond acceptors (Lipinski definition) is 5. The first-order valence-electron chi connectivity index (χ1n) is 7.30. The van der Waals surface area contributed by atoms with Gasteiger partial charge in [-0.15, -0.1) is 0 Å². The Hall–Kier alpha value is -0.200. The van der Waals surface area contributed by atoms with Crippen molar-refractivity contribution >= 4 is 0 Å². The van der Waals surface area contributed by atoms with Crippen molar-refractivity contribution < 1.29 is 19.3 Å². The number of methoxy groups -OCH3 is 1. The van der Waals surface area contributed by atoms with E-state index in [1.165, 1.54) is 0 Å². The lowest BCUT2D eigenvalue weighted by molar-refractivity contribution is -0.000424. The monoisotopic (exact) mass is 275 g/mol. The molecular formula is C14H29NO4. The third-order valence-electron chi connectivity index (χ3n) is 3.64. The minimum absolute atomic E-state index is 0.126. The minimum atomic E-state index is -0.126. The van der Waals surface area contributed by atoms with Crippen LogP contribution in [0.5, 0.6) is 0 Å². The first kappa shape index (κ1) is 16.9. The molecule has 0 bridgehead atoms. The van der Waals surface area contributed by atoms with Crippen molar-refractivity contribution in [3.8, 4) is 0 Å². The third kappa shape index (κ3) is 6.19. The number of likely N-dealkylation sites (N-methyl/N-ethyl adjacent to an activating group) is 1. The second-order valence-electron chi connectivity index (χ2n) is 5.16. The molecule has 5 heteroatoms. The molecule has 0 radical (unpaired) electrons. The van der Waals surface area contributed by atoms with Crippen molar-refractivity contribution in [2.45, 2.75) is 44.2 Å². The van der Waals surface area contributed by atoms with Gasteiger partial charge < -0.3 is 24.6 Å². The molecule has 1 aliphatic rings. The van der Waals surface area contributed by atoms with Gasteiger partial charge in [0.15, 0.2) is 0 Å². The molecule has 0 aromatic rings. The quantitative estimate of drug-likeness (QED) is 0.550. The van der Waals surface area contributed by atoms with Crippen molar-refractivity contribution in [3.63, 3.8) is 0 Å². The number of aliphatic hydroxyl groups is 1. The lowest BCUT2D eigenvalue weighted by Crippen LogP contribution is -2.46. The van der Waals surface area contributed by atoms with E-state index in [1.54, 1.807) is 7.11 Å². The molecule has 114 valence electrons. The van der Waals surface area contributed by atoms with Crippen molar-refractivity contribution in [1.82, 2.24) is 5.32 Å². The standard InChI is InChI=1S/C14H29NO4/c1-3-15-14(12-16)6-5-13(11-14)19-10-9-18-8-4-7-17-2/h13,15-16H,3-12H2,1-2H3. The van der Waals surface area contributed by atoms with Crippen LogP contribution < -0.4 is 5.32 Å². The first-order chi connectivity index (χ1) is 9.26. The molecule has 1 rings (SSSR count). The van der Waals surface area contributed by atoms with E-state index in [-0.39, 0.29) is 18.2 Å². The van der Waals surface area contributed by atoms with Gasteiger partial charge in [-0.25, -0.2) is 0 Å². The SMILES string of the molecule is CCNC1(CO)CCC(OCCOCCCOC)C1. The van der Waals surface area contributed by atoms with E-state index in [9.17, 15) is 5.11 Å². The molecule has 2 N–H and O–H groups in total. The van der Waals surface area contributed by atoms with Crippen molar-refractivity contribution in [1.29, 1.82) is 0 Å². The van der Waals surface area contributed by atoms with Crippen LogP contribution in [-0.4, -0.2) is 63.4 Å². The fourth-order valence-corrected chi connectivity index (χ4v) is 2.64. The molecule has 1 fully saturated rings. The fraction of sp³-hybridized carbons (Fsp3) is 1.00. The number of nitrogens with one attached hydrogen (secondary N) is 1. The zero-order chi connectivity index (χ0) is 14.0. The number of rotatable bonds is 11. The maximum absolute atomic E-state index is 9.50. The van der Waals surface area contributed by atoms with Crippen LogP contribution in [0.1, 0.15) is 32.6 Å². The molecule has 19 heavy (non-hydrogen) atoms. The maximum atomic E-state index is 9.50. The first-order valence-corrected chi connectivity index (χ1v) is 7.30. The average Bonchev–Trinajstić information content (AvgIpc) is 2.82. The van der Waals surface area contributed by atoms with E-state index < -0.39 is 0 Å². The van der Waals surface area contributed by atoms with Gasteiger partial charge in [0.25, 0.3) is 0 Å². The summed E-state index contributed by atoms with van der Waals surface area (Å²) < 4.78 is 16.2. The number of hydrogen-bond donors (Lipinski definition) is 2. The summed E-state index contributed by atoms with van der Waals surface area (Å²) in [7, 11) is 1.70. The van der Waals surface area contributed by atoms with Gasteiger partial charge in [0.1, 0.15) is 0 Å². The molecule has 0 heterocycles. The Morgan fingerprint density at radius 2 is 2.11 bits per heavy atom. The van der Waals surface area contributed by atoms with Crippen molar-refractivity contribution in [2.24, 2.45) is 0 Å². The van der Waals surface area contributed by atoms with Gasteiger partial charge in [-0.2, -0.15) is 0 Å². The molecule has 0 saturated heterocycles. The molecule has 0 aromatic heterocycles. The summed E-state index contributed by atoms with van der Waals surface area (Å²) in [5, 5.41) is 12.9. The predicted octanol–water partition coefficient (Wildman–Crippen LogP) is 0.949. The van der Waals surface area contributed by atoms with Crippen LogP contribution in [0, 0.1) is 0 Å². The zero-order valence-corrected chi connectivity index (χ0v) is 12.3. The van der Waals surface area contributed by atoms with Crippen LogP contribution >= 0.6 is 0 Å². The lowest BCUT2D eigenvalue weighted by Gasteiger charge is -2.27. The molecular weight excluding hydrogens is 246 g/mol.